The molecule has 1 aromatic rings. The lowest BCUT2D eigenvalue weighted by Gasteiger charge is -2.29. The predicted octanol–water partition coefficient (Wildman–Crippen LogP) is 1.37. The molecule has 8 heteroatoms. The summed E-state index contributed by atoms with van der Waals surface area (Å²) in [5.74, 6) is 3.43. The highest BCUT2D eigenvalue weighted by Crippen LogP contribution is 2.54. The van der Waals surface area contributed by atoms with Gasteiger partial charge in [-0.15, -0.1) is 0 Å². The number of hydrogen-bond acceptors (Lipinski definition) is 7. The molecule has 3 aliphatic rings. The Morgan fingerprint density at radius 2 is 2.42 bits per heavy atom. The third kappa shape index (κ3) is 3.13. The summed E-state index contributed by atoms with van der Waals surface area (Å²) in [6.07, 6.45) is 6.88. The Hall–Kier alpha value is -1.54. The van der Waals surface area contributed by atoms with Crippen LogP contribution in [0.2, 0.25) is 0 Å². The van der Waals surface area contributed by atoms with Crippen molar-refractivity contribution < 1.29 is 9.53 Å². The molecular weight excluding hydrogens is 350 g/mol. The van der Waals surface area contributed by atoms with Gasteiger partial charge in [-0.2, -0.15) is 16.7 Å². The van der Waals surface area contributed by atoms with Gasteiger partial charge in [0.15, 0.2) is 0 Å². The summed E-state index contributed by atoms with van der Waals surface area (Å²) in [7, 11) is 1.87. The molecular formula is C18H27N5O2S. The number of thioether (sulfide) groups is 1. The smallest absolute Gasteiger partial charge is 0.227 e. The van der Waals surface area contributed by atoms with Crippen LogP contribution >= 0.6 is 11.8 Å². The van der Waals surface area contributed by atoms with Gasteiger partial charge in [-0.25, -0.2) is 4.98 Å². The molecule has 0 radical (unpaired) electrons. The highest BCUT2D eigenvalue weighted by Gasteiger charge is 2.63. The van der Waals surface area contributed by atoms with Gasteiger partial charge in [-0.05, 0) is 25.2 Å². The van der Waals surface area contributed by atoms with E-state index in [2.05, 4.69) is 25.5 Å². The molecule has 1 spiro atoms. The summed E-state index contributed by atoms with van der Waals surface area (Å²) in [5, 5.41) is 6.21. The second-order valence-electron chi connectivity index (χ2n) is 7.45. The van der Waals surface area contributed by atoms with Crippen LogP contribution in [-0.2, 0) is 9.53 Å². The maximum absolute atomic E-state index is 12.0. The molecule has 1 aromatic heterocycles. The van der Waals surface area contributed by atoms with Crippen LogP contribution in [0.1, 0.15) is 19.3 Å². The SMILES string of the molecule is CNc1ccnc(N2C[C@@H]3[C@H](CNC(=O)CCSC)[C@H]4CC[C@]3(C2)O4)n1. The third-order valence-corrected chi connectivity index (χ3v) is 6.65. The van der Waals surface area contributed by atoms with Crippen LogP contribution in [0.3, 0.4) is 0 Å². The van der Waals surface area contributed by atoms with E-state index in [-0.39, 0.29) is 17.6 Å². The number of ether oxygens (including phenoxy) is 1. The maximum atomic E-state index is 12.0. The van der Waals surface area contributed by atoms with Crippen molar-refractivity contribution in [2.75, 3.05) is 48.9 Å². The van der Waals surface area contributed by atoms with E-state index in [4.69, 9.17) is 4.74 Å². The fourth-order valence-electron chi connectivity index (χ4n) is 4.77. The van der Waals surface area contributed by atoms with Crippen molar-refractivity contribution in [3.8, 4) is 0 Å². The fraction of sp³-hybridized carbons (Fsp3) is 0.722. The van der Waals surface area contributed by atoms with Crippen molar-refractivity contribution in [1.29, 1.82) is 0 Å². The molecule has 0 aliphatic carbocycles. The van der Waals surface area contributed by atoms with Gasteiger partial charge in [0.1, 0.15) is 5.82 Å². The molecule has 3 fully saturated rings. The van der Waals surface area contributed by atoms with Crippen molar-refractivity contribution in [2.24, 2.45) is 11.8 Å². The minimum Gasteiger partial charge on any atom is -0.373 e. The Morgan fingerprint density at radius 1 is 1.54 bits per heavy atom. The van der Waals surface area contributed by atoms with E-state index in [1.165, 1.54) is 0 Å². The van der Waals surface area contributed by atoms with Crippen molar-refractivity contribution >= 4 is 29.4 Å². The predicted molar refractivity (Wildman–Crippen MR) is 104 cm³/mol. The Kier molecular flexibility index (Phi) is 4.96. The largest absolute Gasteiger partial charge is 0.373 e. The Balaban J connectivity index is 1.43. The van der Waals surface area contributed by atoms with E-state index >= 15 is 0 Å². The molecule has 0 unspecified atom stereocenters. The molecule has 4 atom stereocenters. The molecule has 2 N–H and O–H groups in total. The lowest BCUT2D eigenvalue weighted by molar-refractivity contribution is -0.121. The van der Waals surface area contributed by atoms with E-state index < -0.39 is 0 Å². The zero-order chi connectivity index (χ0) is 18.1. The van der Waals surface area contributed by atoms with Crippen LogP contribution in [0.25, 0.3) is 0 Å². The summed E-state index contributed by atoms with van der Waals surface area (Å²) in [4.78, 5) is 23.3. The van der Waals surface area contributed by atoms with Gasteiger partial charge < -0.3 is 20.3 Å². The number of carbonyl (C=O) groups is 1. The van der Waals surface area contributed by atoms with Gasteiger partial charge in [0.2, 0.25) is 11.9 Å². The summed E-state index contributed by atoms with van der Waals surface area (Å²) in [6, 6.07) is 1.87. The summed E-state index contributed by atoms with van der Waals surface area (Å²) < 4.78 is 6.45. The van der Waals surface area contributed by atoms with E-state index in [1.807, 2.05) is 19.4 Å². The highest BCUT2D eigenvalue weighted by molar-refractivity contribution is 7.98. The van der Waals surface area contributed by atoms with Gasteiger partial charge in [0.25, 0.3) is 0 Å². The Morgan fingerprint density at radius 3 is 3.23 bits per heavy atom. The number of fused-ring (bicyclic) bond motifs is 1. The average molecular weight is 378 g/mol. The van der Waals surface area contributed by atoms with Gasteiger partial charge in [-0.1, -0.05) is 0 Å². The number of hydrogen-bond donors (Lipinski definition) is 2. The fourth-order valence-corrected chi connectivity index (χ4v) is 5.16. The number of carbonyl (C=O) groups excluding carboxylic acids is 1. The molecule has 0 saturated carbocycles. The highest BCUT2D eigenvalue weighted by atomic mass is 32.2. The number of amides is 1. The quantitative estimate of drug-likeness (QED) is 0.743. The monoisotopic (exact) mass is 377 g/mol. The zero-order valence-electron chi connectivity index (χ0n) is 15.4. The molecule has 1 amide bonds. The van der Waals surface area contributed by atoms with E-state index in [0.29, 0.717) is 18.3 Å². The van der Waals surface area contributed by atoms with Gasteiger partial charge in [0, 0.05) is 50.3 Å². The Labute approximate surface area is 158 Å². The van der Waals surface area contributed by atoms with Crippen LogP contribution in [0, 0.1) is 11.8 Å². The van der Waals surface area contributed by atoms with E-state index in [9.17, 15) is 4.79 Å². The minimum absolute atomic E-state index is 0.0850. The molecule has 142 valence electrons. The number of aromatic nitrogens is 2. The van der Waals surface area contributed by atoms with Crippen LogP contribution in [0.4, 0.5) is 11.8 Å². The number of rotatable bonds is 7. The van der Waals surface area contributed by atoms with Crippen LogP contribution in [0.15, 0.2) is 12.3 Å². The molecule has 4 heterocycles. The Bertz CT molecular complexity index is 675. The maximum Gasteiger partial charge on any atom is 0.227 e. The summed E-state index contributed by atoms with van der Waals surface area (Å²) >= 11 is 1.70. The zero-order valence-corrected chi connectivity index (χ0v) is 16.2. The van der Waals surface area contributed by atoms with Gasteiger partial charge >= 0.3 is 0 Å². The third-order valence-electron chi connectivity index (χ3n) is 6.03. The first kappa shape index (κ1) is 17.9. The molecule has 4 rings (SSSR count). The normalized spacial score (nSPS) is 31.9. The number of anilines is 2. The topological polar surface area (TPSA) is 79.4 Å². The first-order valence-electron chi connectivity index (χ1n) is 9.34. The first-order chi connectivity index (χ1) is 12.6. The number of nitrogens with zero attached hydrogens (tertiary/aromatic N) is 3. The number of nitrogens with one attached hydrogen (secondary N) is 2. The summed E-state index contributed by atoms with van der Waals surface area (Å²) in [6.45, 7) is 2.46. The lowest BCUT2D eigenvalue weighted by Crippen LogP contribution is -2.41. The molecule has 0 aromatic carbocycles. The van der Waals surface area contributed by atoms with Crippen molar-refractivity contribution in [1.82, 2.24) is 15.3 Å². The molecule has 2 bridgehead atoms. The minimum atomic E-state index is -0.0850. The molecule has 3 saturated heterocycles. The van der Waals surface area contributed by atoms with E-state index in [0.717, 1.165) is 50.0 Å². The molecule has 7 nitrogen and oxygen atoms in total. The molecule has 26 heavy (non-hydrogen) atoms. The second-order valence-corrected chi connectivity index (χ2v) is 8.43. The summed E-state index contributed by atoms with van der Waals surface area (Å²) in [5.41, 5.74) is -0.0850. The standard InChI is InChI=1S/C18H27N5O2S/c1-19-15-4-7-20-17(22-15)23-10-13-12(9-21-16(24)5-8-26-2)14-3-6-18(13,11-23)25-14/h4,7,12-14H,3,5-6,8-11H2,1-2H3,(H,21,24)(H,19,20,22)/t12-,13+,14+,18+/m0/s1. The van der Waals surface area contributed by atoms with Crippen molar-refractivity contribution in [3.05, 3.63) is 12.3 Å². The lowest BCUT2D eigenvalue weighted by atomic mass is 9.73. The van der Waals surface area contributed by atoms with Crippen LogP contribution in [0.5, 0.6) is 0 Å². The van der Waals surface area contributed by atoms with Gasteiger partial charge in [0.05, 0.1) is 18.2 Å². The van der Waals surface area contributed by atoms with Crippen LogP contribution in [-0.4, -0.2) is 66.3 Å². The first-order valence-corrected chi connectivity index (χ1v) is 10.7. The van der Waals surface area contributed by atoms with Crippen molar-refractivity contribution in [2.45, 2.75) is 31.0 Å². The van der Waals surface area contributed by atoms with Crippen molar-refractivity contribution in [3.63, 3.8) is 0 Å². The van der Waals surface area contributed by atoms with E-state index in [1.54, 1.807) is 18.0 Å². The second kappa shape index (κ2) is 7.23. The van der Waals surface area contributed by atoms with Crippen LogP contribution < -0.4 is 15.5 Å². The average Bonchev–Trinajstić information content (AvgIpc) is 3.33. The van der Waals surface area contributed by atoms with Gasteiger partial charge in [-0.3, -0.25) is 4.79 Å². The molecule has 3 aliphatic heterocycles.